The third-order valence-corrected chi connectivity index (χ3v) is 2.94. The Morgan fingerprint density at radius 1 is 1.21 bits per heavy atom. The van der Waals surface area contributed by atoms with E-state index in [1.165, 1.54) is 0 Å². The van der Waals surface area contributed by atoms with Gasteiger partial charge in [0, 0.05) is 12.4 Å². The molecule has 0 radical (unpaired) electrons. The number of aliphatic hydroxyl groups excluding tert-OH is 1. The van der Waals surface area contributed by atoms with Crippen LogP contribution in [-0.4, -0.2) is 23.0 Å². The molecule has 1 atom stereocenters. The second kappa shape index (κ2) is 5.26. The van der Waals surface area contributed by atoms with Gasteiger partial charge in [-0.05, 0) is 17.8 Å². The average molecular weight is 230 g/mol. The number of thioether (sulfide) groups is 1. The first-order valence-electron chi connectivity index (χ1n) is 4.48. The van der Waals surface area contributed by atoms with Crippen molar-refractivity contribution in [1.82, 2.24) is 0 Å². The van der Waals surface area contributed by atoms with Gasteiger partial charge in [-0.3, -0.25) is 0 Å². The Morgan fingerprint density at radius 2 is 1.71 bits per heavy atom. The predicted molar refractivity (Wildman–Crippen MR) is 53.2 cm³/mol. The molecule has 0 aromatic rings. The summed E-state index contributed by atoms with van der Waals surface area (Å²) in [6.45, 7) is 5.71. The van der Waals surface area contributed by atoms with Crippen LogP contribution in [0.1, 0.15) is 27.2 Å². The van der Waals surface area contributed by atoms with Gasteiger partial charge >= 0.3 is 5.51 Å². The number of halogens is 3. The van der Waals surface area contributed by atoms with Crippen molar-refractivity contribution in [2.45, 2.75) is 32.7 Å². The zero-order valence-corrected chi connectivity index (χ0v) is 9.50. The molecule has 5 heteroatoms. The first-order chi connectivity index (χ1) is 6.17. The Bertz CT molecular complexity index is 162. The van der Waals surface area contributed by atoms with Gasteiger partial charge in [0.25, 0.3) is 0 Å². The van der Waals surface area contributed by atoms with Crippen LogP contribution < -0.4 is 0 Å². The molecule has 0 aliphatic rings. The Balaban J connectivity index is 3.87. The highest BCUT2D eigenvalue weighted by atomic mass is 32.2. The molecule has 0 fully saturated rings. The summed E-state index contributed by atoms with van der Waals surface area (Å²) < 4.78 is 35.4. The molecular weight excluding hydrogens is 213 g/mol. The fourth-order valence-corrected chi connectivity index (χ4v) is 1.75. The van der Waals surface area contributed by atoms with Gasteiger partial charge in [0.2, 0.25) is 0 Å². The maximum atomic E-state index is 11.8. The van der Waals surface area contributed by atoms with E-state index < -0.39 is 5.51 Å². The first-order valence-corrected chi connectivity index (χ1v) is 5.47. The zero-order valence-electron chi connectivity index (χ0n) is 8.69. The summed E-state index contributed by atoms with van der Waals surface area (Å²) in [5, 5.41) is 9.00. The minimum Gasteiger partial charge on any atom is -0.396 e. The van der Waals surface area contributed by atoms with Gasteiger partial charge < -0.3 is 5.11 Å². The summed E-state index contributed by atoms with van der Waals surface area (Å²) in [4.78, 5) is 0. The van der Waals surface area contributed by atoms with E-state index in [2.05, 4.69) is 0 Å². The van der Waals surface area contributed by atoms with Crippen LogP contribution >= 0.6 is 11.8 Å². The minimum absolute atomic E-state index is 0.0177. The van der Waals surface area contributed by atoms with Crippen LogP contribution in [0.25, 0.3) is 0 Å². The van der Waals surface area contributed by atoms with E-state index in [-0.39, 0.29) is 35.5 Å². The molecule has 0 spiro atoms. The summed E-state index contributed by atoms with van der Waals surface area (Å²) in [5.41, 5.74) is -4.29. The van der Waals surface area contributed by atoms with Crippen molar-refractivity contribution in [1.29, 1.82) is 0 Å². The molecule has 0 aliphatic carbocycles. The number of rotatable bonds is 4. The number of aliphatic hydroxyl groups is 1. The van der Waals surface area contributed by atoms with Gasteiger partial charge in [0.15, 0.2) is 0 Å². The molecule has 14 heavy (non-hydrogen) atoms. The molecule has 0 rings (SSSR count). The van der Waals surface area contributed by atoms with Gasteiger partial charge in [-0.2, -0.15) is 13.2 Å². The summed E-state index contributed by atoms with van der Waals surface area (Å²) in [5.74, 6) is -0.0521. The molecule has 0 aromatic carbocycles. The number of alkyl halides is 3. The topological polar surface area (TPSA) is 20.2 Å². The van der Waals surface area contributed by atoms with Crippen molar-refractivity contribution in [3.63, 3.8) is 0 Å². The Kier molecular flexibility index (Phi) is 5.30. The minimum atomic E-state index is -4.15. The lowest BCUT2D eigenvalue weighted by atomic mass is 9.80. The van der Waals surface area contributed by atoms with Crippen molar-refractivity contribution in [3.8, 4) is 0 Å². The molecule has 0 heterocycles. The van der Waals surface area contributed by atoms with Crippen molar-refractivity contribution in [2.75, 3.05) is 12.4 Å². The molecule has 0 aromatic heterocycles. The van der Waals surface area contributed by atoms with Crippen LogP contribution in [0.2, 0.25) is 0 Å². The maximum absolute atomic E-state index is 11.8. The van der Waals surface area contributed by atoms with Crippen molar-refractivity contribution >= 4 is 11.8 Å². The lowest BCUT2D eigenvalue weighted by Crippen LogP contribution is -2.24. The predicted octanol–water partition coefficient (Wildman–Crippen LogP) is 3.28. The molecule has 0 saturated heterocycles. The van der Waals surface area contributed by atoms with E-state index >= 15 is 0 Å². The fourth-order valence-electron chi connectivity index (χ4n) is 1.12. The second-order valence-electron chi connectivity index (χ2n) is 4.33. The van der Waals surface area contributed by atoms with E-state index in [4.69, 9.17) is 5.11 Å². The third-order valence-electron chi connectivity index (χ3n) is 2.18. The highest BCUT2D eigenvalue weighted by Gasteiger charge is 2.30. The maximum Gasteiger partial charge on any atom is 0.441 e. The van der Waals surface area contributed by atoms with Gasteiger partial charge in [-0.25, -0.2) is 0 Å². The van der Waals surface area contributed by atoms with E-state index in [0.717, 1.165) is 0 Å². The monoisotopic (exact) mass is 230 g/mol. The Morgan fingerprint density at radius 3 is 2.00 bits per heavy atom. The molecule has 1 nitrogen and oxygen atoms in total. The molecule has 1 N–H and O–H groups in total. The quantitative estimate of drug-likeness (QED) is 0.799. The molecule has 0 bridgehead atoms. The highest BCUT2D eigenvalue weighted by molar-refractivity contribution is 8.00. The molecule has 1 unspecified atom stereocenters. The van der Waals surface area contributed by atoms with E-state index in [0.29, 0.717) is 6.42 Å². The van der Waals surface area contributed by atoms with Crippen molar-refractivity contribution in [2.24, 2.45) is 11.3 Å². The van der Waals surface area contributed by atoms with Crippen LogP contribution in [0.3, 0.4) is 0 Å². The fraction of sp³-hybridized carbons (Fsp3) is 1.00. The first kappa shape index (κ1) is 14.1. The third kappa shape index (κ3) is 6.54. The molecule has 0 saturated carbocycles. The highest BCUT2D eigenvalue weighted by Crippen LogP contribution is 2.34. The van der Waals surface area contributed by atoms with Gasteiger partial charge in [0.05, 0.1) is 0 Å². The molecule has 86 valence electrons. The lowest BCUT2D eigenvalue weighted by Gasteiger charge is -2.28. The number of hydrogen-bond donors (Lipinski definition) is 1. The van der Waals surface area contributed by atoms with Gasteiger partial charge in [0.1, 0.15) is 0 Å². The molecule has 0 aliphatic heterocycles. The van der Waals surface area contributed by atoms with Crippen LogP contribution in [0.5, 0.6) is 0 Å². The Hall–Kier alpha value is 0.100. The molecule has 0 amide bonds. The second-order valence-corrected chi connectivity index (χ2v) is 5.49. The SMILES string of the molecule is CC(C)(C)C(CO)CCSC(F)(F)F. The summed E-state index contributed by atoms with van der Waals surface area (Å²) >= 11 is -0.0177. The standard InChI is InChI=1S/C9H17F3OS/c1-8(2,3)7(6-13)4-5-14-9(10,11)12/h7,13H,4-6H2,1-3H3. The summed E-state index contributed by atoms with van der Waals surface area (Å²) in [7, 11) is 0. The van der Waals surface area contributed by atoms with Gasteiger partial charge in [-0.15, -0.1) is 0 Å². The van der Waals surface area contributed by atoms with Crippen molar-refractivity contribution in [3.05, 3.63) is 0 Å². The Labute approximate surface area is 87.1 Å². The lowest BCUT2D eigenvalue weighted by molar-refractivity contribution is -0.0329. The van der Waals surface area contributed by atoms with E-state index in [9.17, 15) is 13.2 Å². The summed E-state index contributed by atoms with van der Waals surface area (Å²) in [6, 6.07) is 0. The van der Waals surface area contributed by atoms with Crippen LogP contribution in [0.4, 0.5) is 13.2 Å². The molecular formula is C9H17F3OS. The smallest absolute Gasteiger partial charge is 0.396 e. The average Bonchev–Trinajstić information content (AvgIpc) is 1.93. The summed E-state index contributed by atoms with van der Waals surface area (Å²) in [6.07, 6.45) is 0.393. The van der Waals surface area contributed by atoms with Crippen molar-refractivity contribution < 1.29 is 18.3 Å². The van der Waals surface area contributed by atoms with Gasteiger partial charge in [-0.1, -0.05) is 32.5 Å². The van der Waals surface area contributed by atoms with E-state index in [1.54, 1.807) is 0 Å². The van der Waals surface area contributed by atoms with Crippen LogP contribution in [0.15, 0.2) is 0 Å². The van der Waals surface area contributed by atoms with Crippen LogP contribution in [-0.2, 0) is 0 Å². The number of hydrogen-bond acceptors (Lipinski definition) is 2. The zero-order chi connectivity index (χ0) is 11.4. The largest absolute Gasteiger partial charge is 0.441 e. The normalized spacial score (nSPS) is 15.6. The van der Waals surface area contributed by atoms with E-state index in [1.807, 2.05) is 20.8 Å². The van der Waals surface area contributed by atoms with Crippen LogP contribution in [0, 0.1) is 11.3 Å².